The van der Waals surface area contributed by atoms with Crippen molar-refractivity contribution in [3.05, 3.63) is 47.2 Å². The fourth-order valence-electron chi connectivity index (χ4n) is 2.97. The van der Waals surface area contributed by atoms with Crippen LogP contribution in [0.4, 0.5) is 5.95 Å². The Labute approximate surface area is 174 Å². The zero-order valence-corrected chi connectivity index (χ0v) is 17.1. The highest BCUT2D eigenvalue weighted by molar-refractivity contribution is 6.31. The van der Waals surface area contributed by atoms with Crippen molar-refractivity contribution in [3.8, 4) is 5.75 Å². The molecule has 2 aromatic rings. The Morgan fingerprint density at radius 2 is 1.86 bits per heavy atom. The number of carbonyl (C=O) groups excluding carboxylic acids is 2. The number of ether oxygens (including phenoxy) is 2. The highest BCUT2D eigenvalue weighted by atomic mass is 35.5. The molecule has 8 nitrogen and oxygen atoms in total. The first kappa shape index (κ1) is 20.9. The van der Waals surface area contributed by atoms with Crippen LogP contribution in [0.15, 0.2) is 36.7 Å². The van der Waals surface area contributed by atoms with Crippen LogP contribution >= 0.6 is 11.6 Å². The maximum absolute atomic E-state index is 12.6. The molecule has 1 aromatic carbocycles. The van der Waals surface area contributed by atoms with Crippen molar-refractivity contribution in [3.63, 3.8) is 0 Å². The summed E-state index contributed by atoms with van der Waals surface area (Å²) in [6, 6.07) is 6.87. The molecule has 1 atom stereocenters. The second kappa shape index (κ2) is 9.56. The number of piperazine rings is 1. The van der Waals surface area contributed by atoms with Crippen molar-refractivity contribution < 1.29 is 19.1 Å². The summed E-state index contributed by atoms with van der Waals surface area (Å²) in [5.41, 5.74) is 0.848. The summed E-state index contributed by atoms with van der Waals surface area (Å²) >= 11 is 5.97. The third-order valence-electron chi connectivity index (χ3n) is 4.57. The van der Waals surface area contributed by atoms with Gasteiger partial charge in [0.15, 0.2) is 12.7 Å². The number of amides is 1. The molecule has 1 aliphatic rings. The Bertz CT molecular complexity index is 857. The smallest absolute Gasteiger partial charge is 0.344 e. The summed E-state index contributed by atoms with van der Waals surface area (Å²) in [6.45, 7) is 5.40. The average Bonchev–Trinajstić information content (AvgIpc) is 2.74. The fourth-order valence-corrected chi connectivity index (χ4v) is 3.09. The number of anilines is 1. The van der Waals surface area contributed by atoms with E-state index in [1.807, 2.05) is 11.8 Å². The summed E-state index contributed by atoms with van der Waals surface area (Å²) in [4.78, 5) is 36.8. The first-order chi connectivity index (χ1) is 13.9. The van der Waals surface area contributed by atoms with Crippen LogP contribution in [0.1, 0.15) is 12.5 Å². The normalized spacial score (nSPS) is 15.0. The van der Waals surface area contributed by atoms with Gasteiger partial charge in [-0.2, -0.15) is 0 Å². The summed E-state index contributed by atoms with van der Waals surface area (Å²) in [5.74, 6) is 0.333. The topological polar surface area (TPSA) is 84.9 Å². The lowest BCUT2D eigenvalue weighted by Crippen LogP contribution is -2.52. The minimum atomic E-state index is -0.877. The Morgan fingerprint density at radius 1 is 1.17 bits per heavy atom. The van der Waals surface area contributed by atoms with E-state index in [9.17, 15) is 9.59 Å². The predicted molar refractivity (Wildman–Crippen MR) is 108 cm³/mol. The standard InChI is InChI=1S/C20H23ClN4O4/c1-14-12-16(4-5-17(14)21)28-13-18(26)29-15(2)19(27)24-8-10-25(11-9-24)20-22-6-3-7-23-20/h3-7,12,15H,8-11,13H2,1-2H3. The fraction of sp³-hybridized carbons (Fsp3) is 0.400. The third-order valence-corrected chi connectivity index (χ3v) is 4.99. The number of hydrogen-bond acceptors (Lipinski definition) is 7. The van der Waals surface area contributed by atoms with Gasteiger partial charge in [0.05, 0.1) is 0 Å². The summed E-state index contributed by atoms with van der Waals surface area (Å²) in [5, 5.41) is 0.623. The van der Waals surface area contributed by atoms with Gasteiger partial charge in [-0.1, -0.05) is 11.6 Å². The number of halogens is 1. The van der Waals surface area contributed by atoms with E-state index < -0.39 is 12.1 Å². The molecule has 1 amide bonds. The van der Waals surface area contributed by atoms with Crippen molar-refractivity contribution in [2.75, 3.05) is 37.7 Å². The van der Waals surface area contributed by atoms with Gasteiger partial charge >= 0.3 is 5.97 Å². The summed E-state index contributed by atoms with van der Waals surface area (Å²) in [7, 11) is 0. The van der Waals surface area contributed by atoms with E-state index in [4.69, 9.17) is 21.1 Å². The molecule has 29 heavy (non-hydrogen) atoms. The van der Waals surface area contributed by atoms with Gasteiger partial charge in [-0.25, -0.2) is 14.8 Å². The summed E-state index contributed by atoms with van der Waals surface area (Å²) in [6.07, 6.45) is 2.50. The van der Waals surface area contributed by atoms with Gasteiger partial charge in [-0.05, 0) is 43.7 Å². The highest BCUT2D eigenvalue weighted by Crippen LogP contribution is 2.21. The van der Waals surface area contributed by atoms with Crippen molar-refractivity contribution in [1.82, 2.24) is 14.9 Å². The van der Waals surface area contributed by atoms with Gasteiger partial charge in [0, 0.05) is 43.6 Å². The van der Waals surface area contributed by atoms with E-state index in [1.165, 1.54) is 0 Å². The summed E-state index contributed by atoms with van der Waals surface area (Å²) < 4.78 is 10.6. The molecule has 154 valence electrons. The van der Waals surface area contributed by atoms with Gasteiger partial charge in [0.1, 0.15) is 5.75 Å². The third kappa shape index (κ3) is 5.57. The highest BCUT2D eigenvalue weighted by Gasteiger charge is 2.28. The number of benzene rings is 1. The van der Waals surface area contributed by atoms with Gasteiger partial charge in [-0.15, -0.1) is 0 Å². The largest absolute Gasteiger partial charge is 0.482 e. The van der Waals surface area contributed by atoms with E-state index >= 15 is 0 Å². The first-order valence-electron chi connectivity index (χ1n) is 9.33. The molecule has 1 aromatic heterocycles. The van der Waals surface area contributed by atoms with Crippen LogP contribution < -0.4 is 9.64 Å². The molecule has 1 aliphatic heterocycles. The number of esters is 1. The Morgan fingerprint density at radius 3 is 2.52 bits per heavy atom. The minimum Gasteiger partial charge on any atom is -0.482 e. The molecule has 3 rings (SSSR count). The van der Waals surface area contributed by atoms with Crippen LogP contribution in [0.2, 0.25) is 5.02 Å². The molecule has 1 fully saturated rings. The number of hydrogen-bond donors (Lipinski definition) is 0. The molecule has 0 aliphatic carbocycles. The van der Waals surface area contributed by atoms with Crippen LogP contribution in [0.25, 0.3) is 0 Å². The van der Waals surface area contributed by atoms with Crippen LogP contribution in [0.3, 0.4) is 0 Å². The maximum atomic E-state index is 12.6. The minimum absolute atomic E-state index is 0.227. The van der Waals surface area contributed by atoms with E-state index in [2.05, 4.69) is 9.97 Å². The monoisotopic (exact) mass is 418 g/mol. The number of aryl methyl sites for hydroxylation is 1. The molecule has 2 heterocycles. The lowest BCUT2D eigenvalue weighted by molar-refractivity contribution is -0.160. The number of carbonyl (C=O) groups is 2. The number of aromatic nitrogens is 2. The molecule has 9 heteroatoms. The van der Waals surface area contributed by atoms with Crippen LogP contribution in [0.5, 0.6) is 5.75 Å². The van der Waals surface area contributed by atoms with Crippen LogP contribution in [0, 0.1) is 6.92 Å². The first-order valence-corrected chi connectivity index (χ1v) is 9.71. The molecular weight excluding hydrogens is 396 g/mol. The van der Waals surface area contributed by atoms with Crippen molar-refractivity contribution in [2.24, 2.45) is 0 Å². The second-order valence-electron chi connectivity index (χ2n) is 6.69. The molecule has 0 radical (unpaired) electrons. The number of nitrogens with zero attached hydrogens (tertiary/aromatic N) is 4. The molecule has 1 unspecified atom stereocenters. The molecule has 1 saturated heterocycles. The van der Waals surface area contributed by atoms with Crippen molar-refractivity contribution in [2.45, 2.75) is 20.0 Å². The van der Waals surface area contributed by atoms with E-state index in [-0.39, 0.29) is 12.5 Å². The Hall–Kier alpha value is -2.87. The lowest BCUT2D eigenvalue weighted by atomic mass is 10.2. The maximum Gasteiger partial charge on any atom is 0.344 e. The van der Waals surface area contributed by atoms with Gasteiger partial charge < -0.3 is 19.3 Å². The Balaban J connectivity index is 1.44. The lowest BCUT2D eigenvalue weighted by Gasteiger charge is -2.35. The van der Waals surface area contributed by atoms with Gasteiger partial charge in [0.25, 0.3) is 5.91 Å². The van der Waals surface area contributed by atoms with E-state index in [1.54, 1.807) is 48.5 Å². The van der Waals surface area contributed by atoms with Crippen molar-refractivity contribution in [1.29, 1.82) is 0 Å². The van der Waals surface area contributed by atoms with Crippen LogP contribution in [-0.2, 0) is 14.3 Å². The molecular formula is C20H23ClN4O4. The molecule has 0 saturated carbocycles. The zero-order valence-electron chi connectivity index (χ0n) is 16.4. The average molecular weight is 419 g/mol. The molecule has 0 spiro atoms. The predicted octanol–water partition coefficient (Wildman–Crippen LogP) is 2.10. The molecule has 0 N–H and O–H groups in total. The Kier molecular flexibility index (Phi) is 6.87. The second-order valence-corrected chi connectivity index (χ2v) is 7.10. The quantitative estimate of drug-likeness (QED) is 0.664. The zero-order chi connectivity index (χ0) is 20.8. The van der Waals surface area contributed by atoms with Crippen LogP contribution in [-0.4, -0.2) is 65.6 Å². The SMILES string of the molecule is Cc1cc(OCC(=O)OC(C)C(=O)N2CCN(c3ncccn3)CC2)ccc1Cl. The van der Waals surface area contributed by atoms with E-state index in [0.29, 0.717) is 42.9 Å². The molecule has 0 bridgehead atoms. The van der Waals surface area contributed by atoms with Crippen molar-refractivity contribution >= 4 is 29.4 Å². The van der Waals surface area contributed by atoms with Gasteiger partial charge in [0.2, 0.25) is 5.95 Å². The number of rotatable bonds is 6. The van der Waals surface area contributed by atoms with Gasteiger partial charge in [-0.3, -0.25) is 4.79 Å². The van der Waals surface area contributed by atoms with E-state index in [0.717, 1.165) is 5.56 Å².